The molecule has 0 saturated carbocycles. The van der Waals surface area contributed by atoms with Crippen molar-refractivity contribution in [3.05, 3.63) is 82.8 Å². The predicted molar refractivity (Wildman–Crippen MR) is 229 cm³/mol. The summed E-state index contributed by atoms with van der Waals surface area (Å²) in [7, 11) is 2.54. The summed E-state index contributed by atoms with van der Waals surface area (Å²) in [5.41, 5.74) is 3.02. The monoisotopic (exact) mass is 866 g/mol. The molecule has 0 unspecified atom stereocenters. The lowest BCUT2D eigenvalue weighted by Crippen LogP contribution is -2.51. The molecule has 63 heavy (non-hydrogen) atoms. The molecule has 0 radical (unpaired) electrons. The summed E-state index contributed by atoms with van der Waals surface area (Å²) in [5, 5.41) is 14.3. The molecular weight excluding hydrogens is 819 g/mol. The minimum atomic E-state index is -1.31. The maximum atomic E-state index is 14.9. The number of carbonyl (C=O) groups excluding carboxylic acids is 3. The fourth-order valence-corrected chi connectivity index (χ4v) is 8.96. The molecule has 16 nitrogen and oxygen atoms in total. The highest BCUT2D eigenvalue weighted by Gasteiger charge is 2.44. The van der Waals surface area contributed by atoms with Gasteiger partial charge in [-0.05, 0) is 46.9 Å². The fraction of sp³-hybridized carbons (Fsp3) is 0.400. The summed E-state index contributed by atoms with van der Waals surface area (Å²) in [6.45, 7) is 6.72. The molecule has 0 aliphatic carbocycles. The molecule has 3 aromatic heterocycles. The van der Waals surface area contributed by atoms with E-state index in [1.54, 1.807) is 64.4 Å². The molecule has 2 aliphatic heterocycles. The highest BCUT2D eigenvalue weighted by atomic mass is 19.1. The minimum absolute atomic E-state index is 0.0121. The Morgan fingerprint density at radius 1 is 0.825 bits per heavy atom. The predicted octanol–water partition coefficient (Wildman–Crippen LogP) is 7.12. The van der Waals surface area contributed by atoms with E-state index in [-0.39, 0.29) is 43.2 Å². The molecule has 4 N–H and O–H groups in total. The van der Waals surface area contributed by atoms with Crippen molar-refractivity contribution in [2.75, 3.05) is 27.2 Å². The maximum Gasteiger partial charge on any atom is 0.407 e. The van der Waals surface area contributed by atoms with Crippen molar-refractivity contribution in [2.24, 2.45) is 11.8 Å². The molecule has 18 heteroatoms. The first-order valence-electron chi connectivity index (χ1n) is 20.8. The van der Waals surface area contributed by atoms with E-state index in [0.717, 1.165) is 15.8 Å². The minimum Gasteiger partial charge on any atom is -0.465 e. The number of alkyl carbamates (subject to hydrolysis) is 1. The van der Waals surface area contributed by atoms with Gasteiger partial charge in [-0.15, -0.1) is 0 Å². The van der Waals surface area contributed by atoms with E-state index < -0.39 is 60.5 Å². The van der Waals surface area contributed by atoms with E-state index in [1.807, 2.05) is 24.3 Å². The summed E-state index contributed by atoms with van der Waals surface area (Å²) in [4.78, 5) is 84.4. The number of halogens is 2. The largest absolute Gasteiger partial charge is 0.465 e. The van der Waals surface area contributed by atoms with Crippen molar-refractivity contribution in [2.45, 2.75) is 77.0 Å². The SMILES string of the molecule is COC(=O)N[C@H](C(=O)N1C[C@H](F)C[C@H]1c1ncc(-c2ccc3c(=O)c4c(ccc5cc(-c6cnc([C@@H]7C[C@@H](F)CN7C(=O)[C@H](C(C)C)N(C)C(=O)O)[nH]6)ccc54)oc3c2)[nH]1)C(C)C. The number of imidazole rings is 2. The Balaban J connectivity index is 1.05. The number of hydrogen-bond donors (Lipinski definition) is 4. The van der Waals surface area contributed by atoms with Crippen LogP contribution in [0.3, 0.4) is 0 Å². The second-order valence-corrected chi connectivity index (χ2v) is 17.0. The Bertz CT molecular complexity index is 2820. The number of benzene rings is 3. The number of nitrogens with one attached hydrogen (secondary N) is 3. The van der Waals surface area contributed by atoms with E-state index in [0.29, 0.717) is 55.9 Å². The van der Waals surface area contributed by atoms with Gasteiger partial charge in [0.25, 0.3) is 0 Å². The van der Waals surface area contributed by atoms with Crippen molar-refractivity contribution in [3.63, 3.8) is 0 Å². The van der Waals surface area contributed by atoms with Gasteiger partial charge in [0.15, 0.2) is 0 Å². The van der Waals surface area contributed by atoms with Gasteiger partial charge in [0.1, 0.15) is 47.2 Å². The molecule has 6 atom stereocenters. The van der Waals surface area contributed by atoms with E-state index in [2.05, 4.69) is 25.3 Å². The van der Waals surface area contributed by atoms with Crippen molar-refractivity contribution < 1.29 is 42.2 Å². The molecular formula is C45H48F2N8O8. The number of likely N-dealkylation sites (N-methyl/N-ethyl adjacent to an activating group) is 1. The number of rotatable bonds is 10. The molecule has 2 saturated heterocycles. The van der Waals surface area contributed by atoms with Crippen LogP contribution in [-0.2, 0) is 14.3 Å². The Kier molecular flexibility index (Phi) is 11.4. The number of amides is 4. The summed E-state index contributed by atoms with van der Waals surface area (Å²) >= 11 is 0. The van der Waals surface area contributed by atoms with Crippen LogP contribution in [0, 0.1) is 11.8 Å². The first-order chi connectivity index (χ1) is 30.0. The fourth-order valence-electron chi connectivity index (χ4n) is 8.96. The van der Waals surface area contributed by atoms with Crippen molar-refractivity contribution in [1.29, 1.82) is 0 Å². The summed E-state index contributed by atoms with van der Waals surface area (Å²) in [5.74, 6) is -0.813. The maximum absolute atomic E-state index is 14.9. The van der Waals surface area contributed by atoms with Crippen molar-refractivity contribution >= 4 is 56.7 Å². The molecule has 0 bridgehead atoms. The third kappa shape index (κ3) is 7.93. The number of likely N-dealkylation sites (tertiary alicyclic amines) is 2. The van der Waals surface area contributed by atoms with Gasteiger partial charge in [0.05, 0.1) is 66.8 Å². The molecule has 2 fully saturated rings. The van der Waals surface area contributed by atoms with Gasteiger partial charge in [-0.2, -0.15) is 0 Å². The number of carbonyl (C=O) groups is 4. The smallest absolute Gasteiger partial charge is 0.407 e. The number of hydrogen-bond acceptors (Lipinski definition) is 9. The zero-order valence-corrected chi connectivity index (χ0v) is 35.5. The number of nitrogens with zero attached hydrogens (tertiary/aromatic N) is 5. The van der Waals surface area contributed by atoms with Crippen LogP contribution in [0.25, 0.3) is 55.2 Å². The van der Waals surface area contributed by atoms with Gasteiger partial charge in [-0.3, -0.25) is 19.3 Å². The van der Waals surface area contributed by atoms with Gasteiger partial charge >= 0.3 is 12.2 Å². The summed E-state index contributed by atoms with van der Waals surface area (Å²) < 4.78 is 40.8. The lowest BCUT2D eigenvalue weighted by molar-refractivity contribution is -0.139. The molecule has 8 rings (SSSR count). The normalized spacial score (nSPS) is 20.0. The molecule has 4 amide bonds. The molecule has 2 aliphatic rings. The van der Waals surface area contributed by atoms with E-state index in [4.69, 9.17) is 9.15 Å². The van der Waals surface area contributed by atoms with Gasteiger partial charge in [0.2, 0.25) is 17.2 Å². The number of aromatic amines is 2. The zero-order valence-electron chi connectivity index (χ0n) is 35.5. The Morgan fingerprint density at radius 3 is 1.95 bits per heavy atom. The van der Waals surface area contributed by atoms with Crippen LogP contribution in [0.2, 0.25) is 0 Å². The molecule has 5 heterocycles. The van der Waals surface area contributed by atoms with Gasteiger partial charge in [-0.25, -0.2) is 28.3 Å². The second kappa shape index (κ2) is 16.8. The Morgan fingerprint density at radius 2 is 1.40 bits per heavy atom. The van der Waals surface area contributed by atoms with E-state index in [9.17, 15) is 37.9 Å². The number of ether oxygens (including phenoxy) is 1. The average molecular weight is 867 g/mol. The van der Waals surface area contributed by atoms with Crippen LogP contribution < -0.4 is 10.7 Å². The average Bonchev–Trinajstić information content (AvgIpc) is 4.08. The van der Waals surface area contributed by atoms with Crippen LogP contribution in [-0.4, -0.2) is 115 Å². The second-order valence-electron chi connectivity index (χ2n) is 17.0. The number of carboxylic acid groups (broad SMARTS) is 1. The number of aromatic nitrogens is 4. The lowest BCUT2D eigenvalue weighted by atomic mass is 10.0. The van der Waals surface area contributed by atoms with Gasteiger partial charge in [-0.1, -0.05) is 52.0 Å². The van der Waals surface area contributed by atoms with Crippen LogP contribution in [0.4, 0.5) is 18.4 Å². The Hall–Kier alpha value is -6.85. The quantitative estimate of drug-likeness (QED) is 0.0810. The molecule has 0 spiro atoms. The van der Waals surface area contributed by atoms with Crippen LogP contribution in [0.1, 0.15) is 64.3 Å². The highest BCUT2D eigenvalue weighted by molar-refractivity contribution is 6.09. The van der Waals surface area contributed by atoms with Crippen molar-refractivity contribution in [3.8, 4) is 22.5 Å². The summed E-state index contributed by atoms with van der Waals surface area (Å²) in [6.07, 6.45) is -1.40. The zero-order chi connectivity index (χ0) is 45.0. The van der Waals surface area contributed by atoms with Gasteiger partial charge < -0.3 is 39.3 Å². The third-order valence-corrected chi connectivity index (χ3v) is 12.2. The first-order valence-corrected chi connectivity index (χ1v) is 20.8. The van der Waals surface area contributed by atoms with Crippen molar-refractivity contribution in [1.82, 2.24) is 40.0 Å². The number of H-pyrrole nitrogens is 2. The van der Waals surface area contributed by atoms with Gasteiger partial charge in [0, 0.05) is 31.0 Å². The van der Waals surface area contributed by atoms with E-state index in [1.165, 1.54) is 24.0 Å². The molecule has 6 aromatic rings. The van der Waals surface area contributed by atoms with Crippen LogP contribution in [0.5, 0.6) is 0 Å². The van der Waals surface area contributed by atoms with Crippen LogP contribution in [0.15, 0.2) is 70.1 Å². The standard InChI is InChI=1S/C45H48F2N8O8/c1-21(2)37(52-44(59)62-6)42(57)54-19-26(46)15-32(54)40-49-18-31(51-40)25-8-11-29-35(14-25)63-34-12-9-23-13-24(7-10-28(23)36(34)39(29)56)30-17-48-41(50-30)33-16-27(47)20-55(33)43(58)38(22(3)4)53(5)45(60)61/h7-14,17-18,21-22,26-27,32-33,37-38H,15-16,19-20H2,1-6H3,(H,48,50)(H,49,51)(H,52,59)(H,60,61)/t26-,27-,32+,33+,37+,38+/m1/s1. The molecule has 3 aromatic carbocycles. The highest BCUT2D eigenvalue weighted by Crippen LogP contribution is 2.37. The number of fused-ring (bicyclic) bond motifs is 4. The lowest BCUT2D eigenvalue weighted by Gasteiger charge is -2.33. The number of alkyl halides is 2. The van der Waals surface area contributed by atoms with Crippen LogP contribution >= 0.6 is 0 Å². The Labute approximate surface area is 359 Å². The first kappa shape index (κ1) is 42.8. The topological polar surface area (TPSA) is 207 Å². The summed E-state index contributed by atoms with van der Waals surface area (Å²) in [6, 6.07) is 10.9. The van der Waals surface area contributed by atoms with E-state index >= 15 is 0 Å². The third-order valence-electron chi connectivity index (χ3n) is 12.2. The molecule has 330 valence electrons. The number of methoxy groups -OCH3 is 1.